The maximum atomic E-state index is 11.7. The molecule has 0 fully saturated rings. The van der Waals surface area contributed by atoms with Gasteiger partial charge in [-0.2, -0.15) is 5.17 Å². The fourth-order valence-corrected chi connectivity index (χ4v) is 2.25. The summed E-state index contributed by atoms with van der Waals surface area (Å²) in [6.07, 6.45) is -1.98. The molecule has 0 aliphatic carbocycles. The summed E-state index contributed by atoms with van der Waals surface area (Å²) in [5.74, 6) is 5.25. The van der Waals surface area contributed by atoms with E-state index in [1.807, 2.05) is 48.5 Å². The smallest absolute Gasteiger partial charge is 0.192 e. The minimum Gasteiger partial charge on any atom is -0.390 e. The summed E-state index contributed by atoms with van der Waals surface area (Å²) in [6.45, 7) is 0.903. The van der Waals surface area contributed by atoms with Crippen LogP contribution in [0.1, 0.15) is 18.1 Å². The zero-order chi connectivity index (χ0) is 17.5. The van der Waals surface area contributed by atoms with E-state index >= 15 is 0 Å². The third-order valence-electron chi connectivity index (χ3n) is 3.60. The second-order valence-corrected chi connectivity index (χ2v) is 5.54. The van der Waals surface area contributed by atoms with Gasteiger partial charge in [-0.25, -0.2) is 5.84 Å². The number of rotatable bonds is 8. The molecule has 2 aromatic rings. The van der Waals surface area contributed by atoms with Crippen molar-refractivity contribution in [1.82, 2.24) is 0 Å². The normalized spacial score (nSPS) is 13.3. The second kappa shape index (κ2) is 8.56. The number of aliphatic hydroxyl groups excluding tert-OH is 2. The molecule has 0 spiro atoms. The first-order valence-electron chi connectivity index (χ1n) is 7.67. The van der Waals surface area contributed by atoms with E-state index in [1.54, 1.807) is 6.07 Å². The molecule has 24 heavy (non-hydrogen) atoms. The van der Waals surface area contributed by atoms with E-state index in [0.717, 1.165) is 16.3 Å². The van der Waals surface area contributed by atoms with E-state index < -0.39 is 24.6 Å². The lowest BCUT2D eigenvalue weighted by Gasteiger charge is -2.21. The summed E-state index contributed by atoms with van der Waals surface area (Å²) >= 11 is 0. The maximum Gasteiger partial charge on any atom is 0.192 e. The van der Waals surface area contributed by atoms with Crippen LogP contribution in [0, 0.1) is 0 Å². The lowest BCUT2D eigenvalue weighted by atomic mass is 10.0. The summed E-state index contributed by atoms with van der Waals surface area (Å²) in [5, 5.41) is 19.7. The Hall–Kier alpha value is -2.25. The first kappa shape index (κ1) is 18.1. The van der Waals surface area contributed by atoms with Crippen molar-refractivity contribution in [1.29, 1.82) is 0 Å². The highest BCUT2D eigenvalue weighted by molar-refractivity contribution is 5.84. The van der Waals surface area contributed by atoms with E-state index in [1.165, 1.54) is 6.92 Å². The molecule has 128 valence electrons. The van der Waals surface area contributed by atoms with Gasteiger partial charge in [0.1, 0.15) is 12.7 Å². The van der Waals surface area contributed by atoms with Crippen LogP contribution >= 0.6 is 0 Å². The topological polar surface area (TPSA) is 96.0 Å². The average molecular weight is 330 g/mol. The third-order valence-corrected chi connectivity index (χ3v) is 3.60. The second-order valence-electron chi connectivity index (χ2n) is 5.54. The number of aliphatic hydroxyl groups is 2. The number of hydrazine groups is 1. The molecule has 0 amide bonds. The molecule has 0 bridgehead atoms. The minimum atomic E-state index is -1.49. The molecule has 0 saturated heterocycles. The van der Waals surface area contributed by atoms with E-state index in [0.29, 0.717) is 12.1 Å². The number of carbonyl (C=O) groups is 1. The van der Waals surface area contributed by atoms with E-state index in [4.69, 9.17) is 10.7 Å². The number of nitrogens with zero attached hydrogens (tertiary/aromatic N) is 1. The van der Waals surface area contributed by atoms with Gasteiger partial charge < -0.3 is 10.2 Å². The summed E-state index contributed by atoms with van der Waals surface area (Å²) in [4.78, 5) is 16.9. The van der Waals surface area contributed by atoms with Crippen molar-refractivity contribution in [3.8, 4) is 0 Å². The molecule has 2 atom stereocenters. The Labute approximate surface area is 141 Å². The van der Waals surface area contributed by atoms with Crippen LogP contribution in [0.15, 0.2) is 54.6 Å². The minimum absolute atomic E-state index is 0.428. The number of benzene rings is 2. The molecule has 0 unspecified atom stereocenters. The molecule has 6 heteroatoms. The number of nitrogens with two attached hydrogens (primary N) is 1. The van der Waals surface area contributed by atoms with Crippen LogP contribution in [0.5, 0.6) is 0 Å². The number of carbonyl (C=O) groups excluding carboxylic acids is 1. The monoisotopic (exact) mass is 330 g/mol. The largest absolute Gasteiger partial charge is 0.390 e. The van der Waals surface area contributed by atoms with Gasteiger partial charge in [0.05, 0.1) is 11.8 Å². The van der Waals surface area contributed by atoms with Crippen molar-refractivity contribution in [2.24, 2.45) is 5.84 Å². The summed E-state index contributed by atoms with van der Waals surface area (Å²) < 4.78 is 0. The van der Waals surface area contributed by atoms with Crippen molar-refractivity contribution in [2.75, 3.05) is 11.8 Å². The van der Waals surface area contributed by atoms with Crippen LogP contribution in [0.25, 0.3) is 0 Å². The Morgan fingerprint density at radius 1 is 1.12 bits per heavy atom. The van der Waals surface area contributed by atoms with Crippen molar-refractivity contribution >= 4 is 11.5 Å². The van der Waals surface area contributed by atoms with Crippen LogP contribution in [0.4, 0.5) is 5.69 Å². The van der Waals surface area contributed by atoms with Crippen molar-refractivity contribution in [3.05, 3.63) is 65.7 Å². The quantitative estimate of drug-likeness (QED) is 0.497. The van der Waals surface area contributed by atoms with Crippen LogP contribution in [-0.2, 0) is 16.1 Å². The number of hydrogen-bond acceptors (Lipinski definition) is 6. The molecule has 0 radical (unpaired) electrons. The Morgan fingerprint density at radius 2 is 1.75 bits per heavy atom. The SMILES string of the molecule is C[C@H](O)[C@H](O)C(=O)CON(N)c1ccccc1Cc1ccccc1. The van der Waals surface area contributed by atoms with Crippen molar-refractivity contribution in [3.63, 3.8) is 0 Å². The average Bonchev–Trinajstić information content (AvgIpc) is 2.60. The van der Waals surface area contributed by atoms with Crippen molar-refractivity contribution in [2.45, 2.75) is 25.6 Å². The van der Waals surface area contributed by atoms with Gasteiger partial charge in [-0.15, -0.1) is 0 Å². The highest BCUT2D eigenvalue weighted by atomic mass is 16.7. The van der Waals surface area contributed by atoms with Gasteiger partial charge in [-0.1, -0.05) is 48.5 Å². The Bertz CT molecular complexity index is 661. The zero-order valence-corrected chi connectivity index (χ0v) is 13.5. The van der Waals surface area contributed by atoms with Crippen LogP contribution < -0.4 is 11.0 Å². The Balaban J connectivity index is 2.04. The lowest BCUT2D eigenvalue weighted by Crippen LogP contribution is -2.39. The lowest BCUT2D eigenvalue weighted by molar-refractivity contribution is -0.137. The van der Waals surface area contributed by atoms with Crippen molar-refractivity contribution < 1.29 is 19.8 Å². The molecule has 0 heterocycles. The number of Topliss-reactive ketones (excluding diaryl/α,β-unsaturated/α-hetero) is 1. The fraction of sp³-hybridized carbons (Fsp3) is 0.278. The molecule has 6 nitrogen and oxygen atoms in total. The highest BCUT2D eigenvalue weighted by Crippen LogP contribution is 2.21. The molecule has 2 rings (SSSR count). The number of anilines is 1. The summed E-state index contributed by atoms with van der Waals surface area (Å²) in [6, 6.07) is 17.3. The molecule has 0 aromatic heterocycles. The predicted octanol–water partition coefficient (Wildman–Crippen LogP) is 1.20. The molecular weight excluding hydrogens is 308 g/mol. The molecule has 2 aromatic carbocycles. The van der Waals surface area contributed by atoms with E-state index in [2.05, 4.69) is 0 Å². The van der Waals surface area contributed by atoms with Gasteiger partial charge in [0.25, 0.3) is 0 Å². The fourth-order valence-electron chi connectivity index (χ4n) is 2.25. The summed E-state index contributed by atoms with van der Waals surface area (Å²) in [5.41, 5.74) is 2.69. The highest BCUT2D eigenvalue weighted by Gasteiger charge is 2.21. The maximum absolute atomic E-state index is 11.7. The molecular formula is C18H22N2O4. The Morgan fingerprint density at radius 3 is 2.42 bits per heavy atom. The van der Waals surface area contributed by atoms with Crippen LogP contribution in [0.2, 0.25) is 0 Å². The van der Waals surface area contributed by atoms with Gasteiger partial charge in [0.2, 0.25) is 0 Å². The Kier molecular flexibility index (Phi) is 6.45. The third kappa shape index (κ3) is 4.87. The number of hydrogen-bond donors (Lipinski definition) is 3. The number of para-hydroxylation sites is 1. The van der Waals surface area contributed by atoms with E-state index in [9.17, 15) is 15.0 Å². The number of ketones is 1. The molecule has 0 aliphatic heterocycles. The van der Waals surface area contributed by atoms with Gasteiger partial charge in [0, 0.05) is 0 Å². The van der Waals surface area contributed by atoms with Gasteiger partial charge >= 0.3 is 0 Å². The molecule has 0 saturated carbocycles. The first-order chi connectivity index (χ1) is 11.5. The first-order valence-corrected chi connectivity index (χ1v) is 7.67. The zero-order valence-electron chi connectivity index (χ0n) is 13.5. The van der Waals surface area contributed by atoms with E-state index in [-0.39, 0.29) is 0 Å². The van der Waals surface area contributed by atoms with Crippen LogP contribution in [0.3, 0.4) is 0 Å². The standard InChI is InChI=1S/C18H22N2O4/c1-13(21)18(23)17(22)12-24-20(19)16-10-6-5-9-15(16)11-14-7-3-2-4-8-14/h2-10,13,18,21,23H,11-12,19H2,1H3/t13-,18-/m0/s1. The van der Waals surface area contributed by atoms with Gasteiger partial charge in [-0.3, -0.25) is 9.63 Å². The van der Waals surface area contributed by atoms with Crippen LogP contribution in [-0.4, -0.2) is 34.8 Å². The molecule has 4 N–H and O–H groups in total. The molecule has 0 aliphatic rings. The van der Waals surface area contributed by atoms with Gasteiger partial charge in [-0.05, 0) is 30.5 Å². The predicted molar refractivity (Wildman–Crippen MR) is 91.0 cm³/mol. The van der Waals surface area contributed by atoms with Gasteiger partial charge in [0.15, 0.2) is 5.78 Å². The summed E-state index contributed by atoms with van der Waals surface area (Å²) in [7, 11) is 0.